The lowest BCUT2D eigenvalue weighted by atomic mass is 10.1. The first-order chi connectivity index (χ1) is 6.86. The van der Waals surface area contributed by atoms with Gasteiger partial charge in [-0.3, -0.25) is 0 Å². The van der Waals surface area contributed by atoms with Crippen LogP contribution in [0.5, 0.6) is 0 Å². The maximum Gasteiger partial charge on any atom is 0.335 e. The second-order valence-corrected chi connectivity index (χ2v) is 1.94. The Balaban J connectivity index is 3.58. The summed E-state index contributed by atoms with van der Waals surface area (Å²) in [6.45, 7) is 0. The van der Waals surface area contributed by atoms with Gasteiger partial charge < -0.3 is 10.2 Å². The van der Waals surface area contributed by atoms with Crippen LogP contribution in [0.25, 0.3) is 0 Å². The Labute approximate surface area is 72.3 Å². The van der Waals surface area contributed by atoms with Gasteiger partial charge in [0.25, 0.3) is 0 Å². The fourth-order valence-electron chi connectivity index (χ4n) is 0.577. The maximum atomic E-state index is 10.6. The lowest BCUT2D eigenvalue weighted by Gasteiger charge is -1.94. The molecule has 0 radical (unpaired) electrons. The Morgan fingerprint density at radius 2 is 1.58 bits per heavy atom. The van der Waals surface area contributed by atoms with Crippen molar-refractivity contribution >= 4 is 11.9 Å². The van der Waals surface area contributed by atoms with Crippen molar-refractivity contribution in [2.24, 2.45) is 0 Å². The molecule has 0 saturated carbocycles. The number of benzene rings is 1. The van der Waals surface area contributed by atoms with E-state index in [0.717, 1.165) is 6.07 Å². The van der Waals surface area contributed by atoms with Crippen molar-refractivity contribution in [2.75, 3.05) is 0 Å². The van der Waals surface area contributed by atoms with Crippen molar-refractivity contribution in [2.45, 2.75) is 0 Å². The van der Waals surface area contributed by atoms with Crippen LogP contribution in [0.2, 0.25) is 0 Å². The van der Waals surface area contributed by atoms with E-state index >= 15 is 0 Å². The van der Waals surface area contributed by atoms with E-state index in [1.54, 1.807) is 0 Å². The first-order valence-electron chi connectivity index (χ1n) is 4.43. The summed E-state index contributed by atoms with van der Waals surface area (Å²) in [6.07, 6.45) is 0. The Bertz CT molecular complexity index is 456. The lowest BCUT2D eigenvalue weighted by molar-refractivity contribution is 0.0681. The molecule has 0 aliphatic heterocycles. The van der Waals surface area contributed by atoms with Gasteiger partial charge in [-0.2, -0.15) is 0 Å². The number of hydrogen-bond acceptors (Lipinski definition) is 2. The average molecular weight is 169 g/mol. The average Bonchev–Trinajstić information content (AvgIpc) is 2.10. The van der Waals surface area contributed by atoms with Crippen LogP contribution in [0.3, 0.4) is 0 Å². The highest BCUT2D eigenvalue weighted by Gasteiger charge is 2.04. The fourth-order valence-corrected chi connectivity index (χ4v) is 0.577. The molecule has 0 spiro atoms. The SMILES string of the molecule is [2H]c1cc(C(=O)O)c([2H])c([2H])c1C(=O)O. The smallest absolute Gasteiger partial charge is 0.335 e. The van der Waals surface area contributed by atoms with Crippen LogP contribution in [-0.2, 0) is 0 Å². The monoisotopic (exact) mass is 169 g/mol. The molecule has 1 rings (SSSR count). The summed E-state index contributed by atoms with van der Waals surface area (Å²) >= 11 is 0. The molecular formula is C8H6O4. The summed E-state index contributed by atoms with van der Waals surface area (Å²) in [5.41, 5.74) is -1.21. The van der Waals surface area contributed by atoms with Gasteiger partial charge in [-0.05, 0) is 24.2 Å². The van der Waals surface area contributed by atoms with Crippen molar-refractivity contribution < 1.29 is 23.9 Å². The van der Waals surface area contributed by atoms with Gasteiger partial charge in [0.15, 0.2) is 0 Å². The van der Waals surface area contributed by atoms with Crippen LogP contribution in [0, 0.1) is 0 Å². The van der Waals surface area contributed by atoms with E-state index in [1.165, 1.54) is 0 Å². The van der Waals surface area contributed by atoms with Crippen LogP contribution in [-0.4, -0.2) is 22.2 Å². The molecule has 4 nitrogen and oxygen atoms in total. The topological polar surface area (TPSA) is 74.6 Å². The standard InChI is InChI=1S/C8H6O4/c9-7(10)5-1-2-6(4-3-5)8(11)12/h1-4H,(H,9,10)(H,11,12)/i1D,2D,3D. The Morgan fingerprint density at radius 1 is 1.08 bits per heavy atom. The number of carbonyl (C=O) groups is 2. The molecule has 0 atom stereocenters. The number of carboxylic acids is 2. The van der Waals surface area contributed by atoms with Crippen LogP contribution in [0.15, 0.2) is 24.2 Å². The minimum Gasteiger partial charge on any atom is -0.478 e. The van der Waals surface area contributed by atoms with Crippen molar-refractivity contribution in [3.63, 3.8) is 0 Å². The first-order valence-corrected chi connectivity index (χ1v) is 2.93. The normalized spacial score (nSPS) is 12.8. The van der Waals surface area contributed by atoms with Gasteiger partial charge in [0.05, 0.1) is 15.2 Å². The third-order valence-corrected chi connectivity index (χ3v) is 1.13. The number of hydrogen-bond donors (Lipinski definition) is 2. The van der Waals surface area contributed by atoms with Gasteiger partial charge in [0, 0.05) is 0 Å². The van der Waals surface area contributed by atoms with E-state index in [9.17, 15) is 9.59 Å². The van der Waals surface area contributed by atoms with Gasteiger partial charge in [-0.15, -0.1) is 0 Å². The van der Waals surface area contributed by atoms with E-state index in [1.807, 2.05) is 0 Å². The predicted molar refractivity (Wildman–Crippen MR) is 40.4 cm³/mol. The molecule has 1 aromatic carbocycles. The molecule has 0 unspecified atom stereocenters. The highest BCUT2D eigenvalue weighted by atomic mass is 16.4. The van der Waals surface area contributed by atoms with E-state index in [4.69, 9.17) is 14.3 Å². The first kappa shape index (κ1) is 4.92. The van der Waals surface area contributed by atoms with Crippen molar-refractivity contribution in [3.05, 3.63) is 35.3 Å². The second kappa shape index (κ2) is 3.04. The molecule has 0 saturated heterocycles. The summed E-state index contributed by atoms with van der Waals surface area (Å²) in [7, 11) is 0. The molecule has 12 heavy (non-hydrogen) atoms. The molecule has 0 bridgehead atoms. The Morgan fingerprint density at radius 3 is 2.08 bits per heavy atom. The van der Waals surface area contributed by atoms with E-state index in [-0.39, 0.29) is 0 Å². The van der Waals surface area contributed by atoms with Crippen molar-refractivity contribution in [1.82, 2.24) is 0 Å². The molecule has 62 valence electrons. The molecule has 0 heterocycles. The molecule has 0 aromatic heterocycles. The van der Waals surface area contributed by atoms with Crippen molar-refractivity contribution in [3.8, 4) is 0 Å². The number of carboxylic acid groups (broad SMARTS) is 2. The van der Waals surface area contributed by atoms with Gasteiger partial charge in [0.1, 0.15) is 0 Å². The summed E-state index contributed by atoms with van der Waals surface area (Å²) in [5.74, 6) is -2.98. The minimum atomic E-state index is -1.52. The lowest BCUT2D eigenvalue weighted by Crippen LogP contribution is -1.99. The molecule has 4 heteroatoms. The molecule has 1 aromatic rings. The highest BCUT2D eigenvalue weighted by molar-refractivity contribution is 5.91. The number of aromatic carboxylic acids is 2. The van der Waals surface area contributed by atoms with Crippen LogP contribution in [0.4, 0.5) is 0 Å². The molecule has 2 N–H and O–H groups in total. The van der Waals surface area contributed by atoms with E-state index in [2.05, 4.69) is 0 Å². The van der Waals surface area contributed by atoms with Gasteiger partial charge >= 0.3 is 11.9 Å². The third kappa shape index (κ3) is 1.60. The van der Waals surface area contributed by atoms with Crippen LogP contribution >= 0.6 is 0 Å². The van der Waals surface area contributed by atoms with Crippen molar-refractivity contribution in [1.29, 1.82) is 0 Å². The molecule has 0 amide bonds. The second-order valence-electron chi connectivity index (χ2n) is 1.94. The van der Waals surface area contributed by atoms with Gasteiger partial charge in [0.2, 0.25) is 0 Å². The summed E-state index contributed by atoms with van der Waals surface area (Å²) in [4.78, 5) is 21.2. The van der Waals surface area contributed by atoms with Gasteiger partial charge in [-0.1, -0.05) is 0 Å². The zero-order valence-electron chi connectivity index (χ0n) is 8.79. The maximum absolute atomic E-state index is 10.6. The van der Waals surface area contributed by atoms with E-state index in [0.29, 0.717) is 0 Å². The summed E-state index contributed by atoms with van der Waals surface area (Å²) in [5, 5.41) is 17.2. The fraction of sp³-hybridized carbons (Fsp3) is 0. The van der Waals surface area contributed by atoms with Crippen LogP contribution < -0.4 is 0 Å². The molecule has 0 aliphatic carbocycles. The van der Waals surface area contributed by atoms with Crippen LogP contribution in [0.1, 0.15) is 24.8 Å². The molecule has 0 aliphatic rings. The summed E-state index contributed by atoms with van der Waals surface area (Å²) < 4.78 is 21.7. The Kier molecular flexibility index (Phi) is 1.25. The van der Waals surface area contributed by atoms with E-state index < -0.39 is 41.2 Å². The third-order valence-electron chi connectivity index (χ3n) is 1.13. The molecule has 0 fully saturated rings. The highest BCUT2D eigenvalue weighted by Crippen LogP contribution is 2.03. The predicted octanol–water partition coefficient (Wildman–Crippen LogP) is 1.08. The quantitative estimate of drug-likeness (QED) is 0.694. The summed E-state index contributed by atoms with van der Waals surface area (Å²) in [6, 6.07) is -1.28. The molecular weight excluding hydrogens is 160 g/mol. The minimum absolute atomic E-state index is 0.546. The zero-order chi connectivity index (χ0) is 11.7. The number of rotatable bonds is 2. The Hall–Kier alpha value is -1.84. The largest absolute Gasteiger partial charge is 0.478 e. The zero-order valence-corrected chi connectivity index (χ0v) is 5.79. The van der Waals surface area contributed by atoms with Gasteiger partial charge in [-0.25, -0.2) is 9.59 Å².